The number of carbonyl (C=O) groups is 1. The molecule has 1 amide bonds. The minimum absolute atomic E-state index is 0.302. The van der Waals surface area contributed by atoms with E-state index in [-0.39, 0.29) is 0 Å². The van der Waals surface area contributed by atoms with Crippen molar-refractivity contribution in [2.45, 2.75) is 77.7 Å². The highest BCUT2D eigenvalue weighted by atomic mass is 16.2. The zero-order valence-corrected chi connectivity index (χ0v) is 18.7. The van der Waals surface area contributed by atoms with Crippen LogP contribution in [0.1, 0.15) is 77.2 Å². The zero-order valence-electron chi connectivity index (χ0n) is 18.7. The molecule has 1 saturated heterocycles. The molecule has 0 bridgehead atoms. The number of likely N-dealkylation sites (tertiary alicyclic amines) is 1. The summed E-state index contributed by atoms with van der Waals surface area (Å²) in [5.41, 5.74) is 9.21. The molecule has 0 radical (unpaired) electrons. The number of nitrogens with two attached hydrogens (primary N) is 1. The summed E-state index contributed by atoms with van der Waals surface area (Å²) in [4.78, 5) is 14.6. The zero-order chi connectivity index (χ0) is 20.6. The molecule has 1 aromatic carbocycles. The van der Waals surface area contributed by atoms with Gasteiger partial charge in [0.1, 0.15) is 0 Å². The van der Waals surface area contributed by atoms with Gasteiger partial charge in [-0.1, -0.05) is 32.9 Å². The Labute approximate surface area is 176 Å². The fraction of sp³-hybridized carbons (Fsp3) is 0.731. The lowest BCUT2D eigenvalue weighted by Crippen LogP contribution is -2.63. The number of benzene rings is 1. The highest BCUT2D eigenvalue weighted by Crippen LogP contribution is 2.68. The number of nitrogens with zero attached hydrogens (tertiary/aromatic N) is 1. The second kappa shape index (κ2) is 6.49. The van der Waals surface area contributed by atoms with Crippen molar-refractivity contribution in [3.05, 3.63) is 29.8 Å². The second-order valence-corrected chi connectivity index (χ2v) is 11.4. The first-order valence-corrected chi connectivity index (χ1v) is 11.9. The maximum absolute atomic E-state index is 12.4. The van der Waals surface area contributed by atoms with Gasteiger partial charge in [0.15, 0.2) is 0 Å². The van der Waals surface area contributed by atoms with Crippen LogP contribution in [0.5, 0.6) is 0 Å². The van der Waals surface area contributed by atoms with Gasteiger partial charge >= 0.3 is 0 Å². The average molecular weight is 395 g/mol. The molecule has 3 nitrogen and oxygen atoms in total. The molecule has 4 fully saturated rings. The molecule has 1 aromatic rings. The number of rotatable bonds is 1. The lowest BCUT2D eigenvalue weighted by molar-refractivity contribution is -0.165. The van der Waals surface area contributed by atoms with Crippen LogP contribution in [0.2, 0.25) is 0 Å². The molecule has 29 heavy (non-hydrogen) atoms. The standard InChI is InChI=1S/C26H38N2O/c1-16-14-22-26(3,13-11-23(29)28(22)4)21-10-12-25(2)19(8-9-20(25)24(16)21)17-6-5-7-18(27)15-17/h5-7,15-16,19-22,24H,8-14,27H2,1-4H3/t16?,19?,20-,21+,22?,24-,25+,26+/m0/s1. The lowest BCUT2D eigenvalue weighted by atomic mass is 9.44. The van der Waals surface area contributed by atoms with Crippen LogP contribution in [0.3, 0.4) is 0 Å². The molecular formula is C26H38N2O. The first-order valence-electron chi connectivity index (χ1n) is 11.9. The van der Waals surface area contributed by atoms with Crippen molar-refractivity contribution in [3.63, 3.8) is 0 Å². The number of piperidine rings is 1. The van der Waals surface area contributed by atoms with Crippen LogP contribution < -0.4 is 5.73 Å². The minimum atomic E-state index is 0.302. The Morgan fingerprint density at radius 1 is 1.07 bits per heavy atom. The quantitative estimate of drug-likeness (QED) is 0.643. The summed E-state index contributed by atoms with van der Waals surface area (Å²) in [6, 6.07) is 9.13. The smallest absolute Gasteiger partial charge is 0.222 e. The number of nitrogen functional groups attached to an aromatic ring is 1. The Bertz CT molecular complexity index is 821. The van der Waals surface area contributed by atoms with E-state index in [4.69, 9.17) is 5.73 Å². The van der Waals surface area contributed by atoms with Crippen LogP contribution in [0.25, 0.3) is 0 Å². The molecule has 5 rings (SSSR count). The predicted molar refractivity (Wildman–Crippen MR) is 118 cm³/mol. The van der Waals surface area contributed by atoms with E-state index in [9.17, 15) is 4.79 Å². The third-order valence-corrected chi connectivity index (χ3v) is 10.2. The van der Waals surface area contributed by atoms with Crippen molar-refractivity contribution >= 4 is 11.6 Å². The van der Waals surface area contributed by atoms with Gasteiger partial charge in [-0.05, 0) is 96.6 Å². The molecule has 3 aliphatic carbocycles. The first-order chi connectivity index (χ1) is 13.8. The number of anilines is 1. The SMILES string of the molecule is CC1CC2N(C)C(=O)CC[C@]2(C)[C@@H]2CC[C@]3(C)C(c4cccc(N)c4)CC[C@H]3[C@H]12. The number of carbonyl (C=O) groups excluding carboxylic acids is 1. The third kappa shape index (κ3) is 2.65. The maximum atomic E-state index is 12.4. The third-order valence-electron chi connectivity index (χ3n) is 10.2. The van der Waals surface area contributed by atoms with Crippen molar-refractivity contribution in [2.24, 2.45) is 34.5 Å². The highest BCUT2D eigenvalue weighted by Gasteiger charge is 2.62. The van der Waals surface area contributed by atoms with Crippen molar-refractivity contribution in [1.82, 2.24) is 4.90 Å². The first kappa shape index (κ1) is 19.5. The minimum Gasteiger partial charge on any atom is -0.399 e. The highest BCUT2D eigenvalue weighted by molar-refractivity contribution is 5.77. The molecule has 0 spiro atoms. The van der Waals surface area contributed by atoms with E-state index in [1.165, 1.54) is 37.7 Å². The molecule has 2 N–H and O–H groups in total. The van der Waals surface area contributed by atoms with Crippen LogP contribution in [-0.4, -0.2) is 23.9 Å². The molecule has 4 aliphatic rings. The van der Waals surface area contributed by atoms with Crippen LogP contribution in [-0.2, 0) is 4.79 Å². The van der Waals surface area contributed by atoms with Crippen molar-refractivity contribution < 1.29 is 4.79 Å². The van der Waals surface area contributed by atoms with Crippen molar-refractivity contribution in [3.8, 4) is 0 Å². The van der Waals surface area contributed by atoms with Gasteiger partial charge in [-0.15, -0.1) is 0 Å². The molecule has 1 aliphatic heterocycles. The van der Waals surface area contributed by atoms with Crippen molar-refractivity contribution in [2.75, 3.05) is 12.8 Å². The number of hydrogen-bond donors (Lipinski definition) is 1. The van der Waals surface area contributed by atoms with Crippen LogP contribution >= 0.6 is 0 Å². The average Bonchev–Trinajstić information content (AvgIpc) is 3.04. The Hall–Kier alpha value is -1.51. The van der Waals surface area contributed by atoms with Gasteiger partial charge in [-0.2, -0.15) is 0 Å². The molecule has 3 saturated carbocycles. The molecule has 158 valence electrons. The van der Waals surface area contributed by atoms with Crippen LogP contribution in [0, 0.1) is 34.5 Å². The van der Waals surface area contributed by atoms with Gasteiger partial charge < -0.3 is 10.6 Å². The monoisotopic (exact) mass is 394 g/mol. The molecule has 8 atom stereocenters. The fourth-order valence-corrected chi connectivity index (χ4v) is 8.79. The Kier molecular flexibility index (Phi) is 4.35. The molecule has 3 unspecified atom stereocenters. The number of fused-ring (bicyclic) bond motifs is 5. The maximum Gasteiger partial charge on any atom is 0.222 e. The Morgan fingerprint density at radius 2 is 1.83 bits per heavy atom. The van der Waals surface area contributed by atoms with E-state index >= 15 is 0 Å². The molecule has 3 heteroatoms. The topological polar surface area (TPSA) is 46.3 Å². The second-order valence-electron chi connectivity index (χ2n) is 11.4. The van der Waals surface area contributed by atoms with Gasteiger partial charge in [-0.25, -0.2) is 0 Å². The normalized spacial score (nSPS) is 46.8. The number of hydrogen-bond acceptors (Lipinski definition) is 2. The lowest BCUT2D eigenvalue weighted by Gasteiger charge is -2.63. The molecule has 0 aromatic heterocycles. The predicted octanol–water partition coefficient (Wildman–Crippen LogP) is 5.46. The van der Waals surface area contributed by atoms with E-state index in [1.807, 2.05) is 6.07 Å². The largest absolute Gasteiger partial charge is 0.399 e. The fourth-order valence-electron chi connectivity index (χ4n) is 8.79. The Morgan fingerprint density at radius 3 is 2.59 bits per heavy atom. The van der Waals surface area contributed by atoms with E-state index in [0.717, 1.165) is 36.3 Å². The van der Waals surface area contributed by atoms with Gasteiger partial charge in [0, 0.05) is 25.2 Å². The summed E-state index contributed by atoms with van der Waals surface area (Å²) >= 11 is 0. The van der Waals surface area contributed by atoms with Gasteiger partial charge in [-0.3, -0.25) is 4.79 Å². The summed E-state index contributed by atoms with van der Waals surface area (Å²) < 4.78 is 0. The van der Waals surface area contributed by atoms with E-state index in [1.54, 1.807) is 0 Å². The Balaban J connectivity index is 1.48. The van der Waals surface area contributed by atoms with E-state index in [0.29, 0.717) is 34.6 Å². The van der Waals surface area contributed by atoms with Crippen LogP contribution in [0.4, 0.5) is 5.69 Å². The number of amides is 1. The van der Waals surface area contributed by atoms with Gasteiger partial charge in [0.2, 0.25) is 5.91 Å². The van der Waals surface area contributed by atoms with Crippen molar-refractivity contribution in [1.29, 1.82) is 0 Å². The van der Waals surface area contributed by atoms with E-state index < -0.39 is 0 Å². The van der Waals surface area contributed by atoms with Gasteiger partial charge in [0.25, 0.3) is 0 Å². The summed E-state index contributed by atoms with van der Waals surface area (Å²) in [6.45, 7) is 7.60. The van der Waals surface area contributed by atoms with Crippen LogP contribution in [0.15, 0.2) is 24.3 Å². The molecular weight excluding hydrogens is 356 g/mol. The summed E-state index contributed by atoms with van der Waals surface area (Å²) in [6.07, 6.45) is 8.35. The van der Waals surface area contributed by atoms with E-state index in [2.05, 4.69) is 50.9 Å². The summed E-state index contributed by atoms with van der Waals surface area (Å²) in [5, 5.41) is 0. The summed E-state index contributed by atoms with van der Waals surface area (Å²) in [5.74, 6) is 4.10. The molecule has 1 heterocycles. The van der Waals surface area contributed by atoms with Gasteiger partial charge in [0.05, 0.1) is 0 Å². The summed E-state index contributed by atoms with van der Waals surface area (Å²) in [7, 11) is 2.07.